The van der Waals surface area contributed by atoms with Crippen molar-refractivity contribution >= 4 is 27.3 Å². The highest BCUT2D eigenvalue weighted by Gasteiger charge is 2.33. The number of nitrogens with zero attached hydrogens (tertiary/aromatic N) is 2. The van der Waals surface area contributed by atoms with E-state index in [0.29, 0.717) is 25.2 Å². The van der Waals surface area contributed by atoms with Crippen molar-refractivity contribution in [2.45, 2.75) is 31.2 Å². The third kappa shape index (κ3) is 4.05. The van der Waals surface area contributed by atoms with Gasteiger partial charge in [-0.05, 0) is 47.2 Å². The number of carbonyl (C=O) groups is 1. The van der Waals surface area contributed by atoms with Gasteiger partial charge in [-0.15, -0.1) is 11.3 Å². The fourth-order valence-corrected chi connectivity index (χ4v) is 6.61. The van der Waals surface area contributed by atoms with Gasteiger partial charge in [-0.1, -0.05) is 50.2 Å². The standard InChI is InChI=1S/C24H26N2O3S2/c1-3-25(4-2)31(28,29)20-12-8-11-19(17-20)24(27)26-15-13-22-21(14-16-30-22)23(26)18-9-6-5-7-10-18/h5-12,14,16-17,23H,3-4,13,15H2,1-2H3/t23-/m1/s1. The molecule has 7 heteroatoms. The number of sulfonamides is 1. The molecule has 0 unspecified atom stereocenters. The zero-order valence-electron chi connectivity index (χ0n) is 17.7. The van der Waals surface area contributed by atoms with E-state index in [2.05, 4.69) is 11.4 Å². The minimum absolute atomic E-state index is 0.151. The predicted molar refractivity (Wildman–Crippen MR) is 124 cm³/mol. The Morgan fingerprint density at radius 3 is 2.52 bits per heavy atom. The molecule has 0 saturated heterocycles. The van der Waals surface area contributed by atoms with Crippen LogP contribution < -0.4 is 0 Å². The summed E-state index contributed by atoms with van der Waals surface area (Å²) in [6.07, 6.45) is 0.805. The summed E-state index contributed by atoms with van der Waals surface area (Å²) in [6, 6.07) is 18.4. The number of fused-ring (bicyclic) bond motifs is 1. The first-order chi connectivity index (χ1) is 15.0. The number of rotatable bonds is 6. The zero-order valence-corrected chi connectivity index (χ0v) is 19.3. The molecule has 1 aliphatic heterocycles. The molecule has 3 aromatic rings. The summed E-state index contributed by atoms with van der Waals surface area (Å²) in [5.41, 5.74) is 2.61. The largest absolute Gasteiger partial charge is 0.327 e. The molecule has 1 aliphatic rings. The summed E-state index contributed by atoms with van der Waals surface area (Å²) < 4.78 is 27.3. The molecule has 31 heavy (non-hydrogen) atoms. The second-order valence-electron chi connectivity index (χ2n) is 7.48. The molecule has 1 aromatic heterocycles. The fourth-order valence-electron chi connectivity index (χ4n) is 4.20. The molecular formula is C24H26N2O3S2. The van der Waals surface area contributed by atoms with Crippen LogP contribution in [0.4, 0.5) is 0 Å². The van der Waals surface area contributed by atoms with Gasteiger partial charge in [-0.2, -0.15) is 4.31 Å². The van der Waals surface area contributed by atoms with E-state index in [9.17, 15) is 13.2 Å². The summed E-state index contributed by atoms with van der Waals surface area (Å²) >= 11 is 1.72. The van der Waals surface area contributed by atoms with Crippen LogP contribution in [0, 0.1) is 0 Å². The molecule has 1 amide bonds. The molecule has 0 spiro atoms. The first-order valence-electron chi connectivity index (χ1n) is 10.5. The molecule has 2 heterocycles. The summed E-state index contributed by atoms with van der Waals surface area (Å²) in [6.45, 7) is 5.00. The molecule has 0 saturated carbocycles. The lowest BCUT2D eigenvalue weighted by Crippen LogP contribution is -2.40. The molecule has 4 rings (SSSR count). The maximum Gasteiger partial charge on any atom is 0.254 e. The molecular weight excluding hydrogens is 428 g/mol. The first-order valence-corrected chi connectivity index (χ1v) is 12.8. The summed E-state index contributed by atoms with van der Waals surface area (Å²) in [4.78, 5) is 17.0. The maximum atomic E-state index is 13.6. The number of thiophene rings is 1. The fraction of sp³-hybridized carbons (Fsp3) is 0.292. The first kappa shape index (κ1) is 21.7. The van der Waals surface area contributed by atoms with Gasteiger partial charge in [0.05, 0.1) is 10.9 Å². The average molecular weight is 455 g/mol. The van der Waals surface area contributed by atoms with Gasteiger partial charge in [-0.25, -0.2) is 8.42 Å². The van der Waals surface area contributed by atoms with Gasteiger partial charge in [0.15, 0.2) is 0 Å². The minimum atomic E-state index is -3.63. The van der Waals surface area contributed by atoms with Crippen molar-refractivity contribution in [2.75, 3.05) is 19.6 Å². The highest BCUT2D eigenvalue weighted by molar-refractivity contribution is 7.89. The van der Waals surface area contributed by atoms with Gasteiger partial charge in [0.25, 0.3) is 5.91 Å². The summed E-state index contributed by atoms with van der Waals surface area (Å²) in [5.74, 6) is -0.151. The Morgan fingerprint density at radius 2 is 1.81 bits per heavy atom. The molecule has 2 aromatic carbocycles. The van der Waals surface area contributed by atoms with Crippen molar-refractivity contribution in [3.8, 4) is 0 Å². The van der Waals surface area contributed by atoms with Crippen LogP contribution in [0.3, 0.4) is 0 Å². The number of hydrogen-bond donors (Lipinski definition) is 0. The van der Waals surface area contributed by atoms with Gasteiger partial charge in [0, 0.05) is 30.1 Å². The lowest BCUT2D eigenvalue weighted by molar-refractivity contribution is 0.0696. The number of hydrogen-bond acceptors (Lipinski definition) is 4. The van der Waals surface area contributed by atoms with E-state index < -0.39 is 10.0 Å². The van der Waals surface area contributed by atoms with E-state index in [1.165, 1.54) is 15.2 Å². The minimum Gasteiger partial charge on any atom is -0.327 e. The average Bonchev–Trinajstić information content (AvgIpc) is 3.28. The highest BCUT2D eigenvalue weighted by atomic mass is 32.2. The van der Waals surface area contributed by atoms with E-state index in [0.717, 1.165) is 17.5 Å². The Labute approximate surface area is 188 Å². The Balaban J connectivity index is 1.73. The van der Waals surface area contributed by atoms with Crippen LogP contribution >= 0.6 is 11.3 Å². The second kappa shape index (κ2) is 8.94. The van der Waals surface area contributed by atoms with E-state index in [4.69, 9.17) is 0 Å². The van der Waals surface area contributed by atoms with Gasteiger partial charge >= 0.3 is 0 Å². The monoisotopic (exact) mass is 454 g/mol. The quantitative estimate of drug-likeness (QED) is 0.548. The van der Waals surface area contributed by atoms with Crippen LogP contribution in [-0.4, -0.2) is 43.2 Å². The second-order valence-corrected chi connectivity index (χ2v) is 10.4. The van der Waals surface area contributed by atoms with Crippen molar-refractivity contribution in [1.29, 1.82) is 0 Å². The molecule has 162 valence electrons. The SMILES string of the molecule is CCN(CC)S(=O)(=O)c1cccc(C(=O)N2CCc3sccc3[C@H]2c2ccccc2)c1. The van der Waals surface area contributed by atoms with Gasteiger partial charge in [-0.3, -0.25) is 4.79 Å². The normalized spacial score (nSPS) is 16.4. The third-order valence-electron chi connectivity index (χ3n) is 5.77. The van der Waals surface area contributed by atoms with Crippen LogP contribution in [0.2, 0.25) is 0 Å². The Hall–Kier alpha value is -2.48. The molecule has 0 radical (unpaired) electrons. The lowest BCUT2D eigenvalue weighted by Gasteiger charge is -2.36. The lowest BCUT2D eigenvalue weighted by atomic mass is 9.92. The summed E-state index contributed by atoms with van der Waals surface area (Å²) in [7, 11) is -3.63. The molecule has 0 bridgehead atoms. The van der Waals surface area contributed by atoms with E-state index in [-0.39, 0.29) is 16.8 Å². The van der Waals surface area contributed by atoms with Crippen LogP contribution in [0.25, 0.3) is 0 Å². The summed E-state index contributed by atoms with van der Waals surface area (Å²) in [5, 5.41) is 2.08. The van der Waals surface area contributed by atoms with Gasteiger partial charge in [0.1, 0.15) is 0 Å². The topological polar surface area (TPSA) is 57.7 Å². The van der Waals surface area contributed by atoms with Crippen molar-refractivity contribution < 1.29 is 13.2 Å². The molecule has 5 nitrogen and oxygen atoms in total. The van der Waals surface area contributed by atoms with Gasteiger partial charge < -0.3 is 4.90 Å². The van der Waals surface area contributed by atoms with Gasteiger partial charge in [0.2, 0.25) is 10.0 Å². The Bertz CT molecular complexity index is 1170. The van der Waals surface area contributed by atoms with E-state index in [1.54, 1.807) is 29.5 Å². The van der Waals surface area contributed by atoms with Crippen LogP contribution in [0.5, 0.6) is 0 Å². The van der Waals surface area contributed by atoms with Crippen molar-refractivity contribution in [3.05, 3.63) is 87.6 Å². The maximum absolute atomic E-state index is 13.6. The number of amides is 1. The van der Waals surface area contributed by atoms with Crippen molar-refractivity contribution in [3.63, 3.8) is 0 Å². The number of carbonyl (C=O) groups excluding carboxylic acids is 1. The molecule has 1 atom stereocenters. The van der Waals surface area contributed by atoms with Crippen LogP contribution in [0.15, 0.2) is 70.9 Å². The van der Waals surface area contributed by atoms with E-state index in [1.807, 2.05) is 49.1 Å². The molecule has 0 aliphatic carbocycles. The Morgan fingerprint density at radius 1 is 1.06 bits per heavy atom. The van der Waals surface area contributed by atoms with Crippen LogP contribution in [0.1, 0.15) is 46.3 Å². The number of benzene rings is 2. The Kier molecular flexibility index (Phi) is 6.27. The third-order valence-corrected chi connectivity index (χ3v) is 8.81. The van der Waals surface area contributed by atoms with Crippen molar-refractivity contribution in [2.24, 2.45) is 0 Å². The van der Waals surface area contributed by atoms with Crippen molar-refractivity contribution in [1.82, 2.24) is 9.21 Å². The molecule has 0 fully saturated rings. The smallest absolute Gasteiger partial charge is 0.254 e. The predicted octanol–water partition coefficient (Wildman–Crippen LogP) is 4.57. The zero-order chi connectivity index (χ0) is 22.0. The molecule has 0 N–H and O–H groups in total. The van der Waals surface area contributed by atoms with E-state index >= 15 is 0 Å². The van der Waals surface area contributed by atoms with Crippen LogP contribution in [-0.2, 0) is 16.4 Å². The highest BCUT2D eigenvalue weighted by Crippen LogP contribution is 2.38.